The van der Waals surface area contributed by atoms with E-state index in [9.17, 15) is 4.79 Å². The Balaban J connectivity index is 1.97. The summed E-state index contributed by atoms with van der Waals surface area (Å²) >= 11 is 0. The van der Waals surface area contributed by atoms with Gasteiger partial charge in [0.15, 0.2) is 0 Å². The average Bonchev–Trinajstić information content (AvgIpc) is 2.70. The average molecular weight is 198 g/mol. The Labute approximate surface area is 86.2 Å². The van der Waals surface area contributed by atoms with Gasteiger partial charge in [-0.3, -0.25) is 5.32 Å². The number of carbonyl (C=O) groups excluding carboxylic acids is 1. The molecule has 0 aromatic rings. The monoisotopic (exact) mass is 198 g/mol. The fourth-order valence-electron chi connectivity index (χ4n) is 1.55. The Hall–Kier alpha value is -0.570. The predicted molar refractivity (Wildman–Crippen MR) is 55.6 cm³/mol. The fraction of sp³-hybridized carbons (Fsp3) is 0.818. The molecule has 0 aliphatic carbocycles. The molecule has 1 radical (unpaired) electrons. The Morgan fingerprint density at radius 2 is 2.29 bits per heavy atom. The van der Waals surface area contributed by atoms with Crippen molar-refractivity contribution in [3.63, 3.8) is 0 Å². The highest BCUT2D eigenvalue weighted by molar-refractivity contribution is 5.84. The molecule has 0 atom stereocenters. The molecule has 81 valence electrons. The number of hydrogen-bond donors (Lipinski definition) is 1. The van der Waals surface area contributed by atoms with Gasteiger partial charge in [-0.1, -0.05) is 26.2 Å². The second-order valence-electron chi connectivity index (χ2n) is 3.71. The maximum Gasteiger partial charge on any atom is 0.328 e. The summed E-state index contributed by atoms with van der Waals surface area (Å²) in [5, 5.41) is 3.05. The summed E-state index contributed by atoms with van der Waals surface area (Å²) in [6, 6.07) is 0.764. The van der Waals surface area contributed by atoms with Crippen LogP contribution in [0.5, 0.6) is 0 Å². The van der Waals surface area contributed by atoms with Gasteiger partial charge in [-0.05, 0) is 25.8 Å². The molecule has 3 heteroatoms. The lowest BCUT2D eigenvalue weighted by Gasteiger charge is -2.08. The van der Waals surface area contributed by atoms with Crippen LogP contribution in [0.4, 0.5) is 0 Å². The van der Waals surface area contributed by atoms with Crippen molar-refractivity contribution in [3.8, 4) is 0 Å². The molecule has 1 rings (SSSR count). The third-order valence-corrected chi connectivity index (χ3v) is 2.42. The maximum atomic E-state index is 11.4. The van der Waals surface area contributed by atoms with Gasteiger partial charge >= 0.3 is 5.97 Å². The lowest BCUT2D eigenvalue weighted by molar-refractivity contribution is -0.142. The van der Waals surface area contributed by atoms with Gasteiger partial charge in [-0.25, -0.2) is 4.79 Å². The quantitative estimate of drug-likeness (QED) is 0.524. The van der Waals surface area contributed by atoms with Crippen LogP contribution in [-0.4, -0.2) is 19.1 Å². The molecule has 3 nitrogen and oxygen atoms in total. The number of nitrogens with one attached hydrogen (secondary N) is 1. The Morgan fingerprint density at radius 3 is 2.93 bits per heavy atom. The first-order valence-corrected chi connectivity index (χ1v) is 5.61. The lowest BCUT2D eigenvalue weighted by atomic mass is 10.2. The first-order chi connectivity index (χ1) is 6.84. The molecular formula is C11H20NO2. The topological polar surface area (TPSA) is 38.3 Å². The molecule has 1 saturated heterocycles. The Kier molecular flexibility index (Phi) is 5.60. The summed E-state index contributed by atoms with van der Waals surface area (Å²) in [5.41, 5.74) is 0. The van der Waals surface area contributed by atoms with E-state index < -0.39 is 0 Å². The van der Waals surface area contributed by atoms with E-state index in [2.05, 4.69) is 12.2 Å². The van der Waals surface area contributed by atoms with Crippen LogP contribution >= 0.6 is 0 Å². The van der Waals surface area contributed by atoms with Gasteiger partial charge in [0.2, 0.25) is 0 Å². The van der Waals surface area contributed by atoms with Crippen LogP contribution in [0.15, 0.2) is 0 Å². The molecular weight excluding hydrogens is 178 g/mol. The van der Waals surface area contributed by atoms with Crippen LogP contribution in [0, 0.1) is 6.04 Å². The zero-order valence-corrected chi connectivity index (χ0v) is 8.97. The zero-order valence-electron chi connectivity index (χ0n) is 8.97. The smallest absolute Gasteiger partial charge is 0.328 e. The highest BCUT2D eigenvalue weighted by Crippen LogP contribution is 2.14. The highest BCUT2D eigenvalue weighted by Gasteiger charge is 2.24. The van der Waals surface area contributed by atoms with Crippen molar-refractivity contribution in [1.29, 1.82) is 0 Å². The van der Waals surface area contributed by atoms with Crippen LogP contribution in [-0.2, 0) is 9.53 Å². The number of esters is 1. The van der Waals surface area contributed by atoms with Gasteiger partial charge in [0.25, 0.3) is 0 Å². The van der Waals surface area contributed by atoms with Crippen LogP contribution in [0.2, 0.25) is 0 Å². The molecule has 0 bridgehead atoms. The molecule has 1 fully saturated rings. The second kappa shape index (κ2) is 6.82. The van der Waals surface area contributed by atoms with Crippen molar-refractivity contribution < 1.29 is 9.53 Å². The van der Waals surface area contributed by atoms with Crippen molar-refractivity contribution in [2.75, 3.05) is 13.2 Å². The predicted octanol–water partition coefficient (Wildman–Crippen LogP) is 2.03. The molecule has 1 heterocycles. The summed E-state index contributed by atoms with van der Waals surface area (Å²) in [5.74, 6) is -0.140. The van der Waals surface area contributed by atoms with Gasteiger partial charge in [0, 0.05) is 0 Å². The van der Waals surface area contributed by atoms with Gasteiger partial charge in [0.05, 0.1) is 6.61 Å². The molecule has 0 amide bonds. The van der Waals surface area contributed by atoms with E-state index in [1.807, 2.05) is 0 Å². The maximum absolute atomic E-state index is 11.4. The molecule has 1 aliphatic heterocycles. The van der Waals surface area contributed by atoms with E-state index in [-0.39, 0.29) is 5.97 Å². The third kappa shape index (κ3) is 4.09. The van der Waals surface area contributed by atoms with E-state index in [0.29, 0.717) is 6.61 Å². The van der Waals surface area contributed by atoms with E-state index >= 15 is 0 Å². The van der Waals surface area contributed by atoms with Crippen molar-refractivity contribution in [1.82, 2.24) is 5.32 Å². The minimum absolute atomic E-state index is 0.140. The summed E-state index contributed by atoms with van der Waals surface area (Å²) in [6.07, 6.45) is 6.51. The SMILES string of the molecule is CCCCCCOC(=O)[C]1CCCN1. The summed E-state index contributed by atoms with van der Waals surface area (Å²) in [7, 11) is 0. The molecule has 0 aromatic carbocycles. The van der Waals surface area contributed by atoms with Crippen molar-refractivity contribution in [3.05, 3.63) is 6.04 Å². The normalized spacial score (nSPS) is 17.2. The van der Waals surface area contributed by atoms with Gasteiger partial charge in [0.1, 0.15) is 6.04 Å². The number of unbranched alkanes of at least 4 members (excludes halogenated alkanes) is 3. The molecule has 0 saturated carbocycles. The summed E-state index contributed by atoms with van der Waals surface area (Å²) < 4.78 is 5.13. The molecule has 0 aromatic heterocycles. The van der Waals surface area contributed by atoms with Crippen LogP contribution in [0.25, 0.3) is 0 Å². The summed E-state index contributed by atoms with van der Waals surface area (Å²) in [6.45, 7) is 3.66. The number of ether oxygens (including phenoxy) is 1. The summed E-state index contributed by atoms with van der Waals surface area (Å²) in [4.78, 5) is 11.4. The zero-order chi connectivity index (χ0) is 10.2. The van der Waals surface area contributed by atoms with Crippen LogP contribution in [0.3, 0.4) is 0 Å². The molecule has 0 unspecified atom stereocenters. The van der Waals surface area contributed by atoms with Gasteiger partial charge < -0.3 is 4.74 Å². The van der Waals surface area contributed by atoms with Crippen molar-refractivity contribution in [2.45, 2.75) is 45.4 Å². The minimum Gasteiger partial charge on any atom is -0.464 e. The molecule has 1 aliphatic rings. The van der Waals surface area contributed by atoms with Crippen LogP contribution < -0.4 is 5.32 Å². The van der Waals surface area contributed by atoms with Crippen molar-refractivity contribution in [2.24, 2.45) is 0 Å². The third-order valence-electron chi connectivity index (χ3n) is 2.42. The highest BCUT2D eigenvalue weighted by atomic mass is 16.5. The Bertz CT molecular complexity index is 165. The van der Waals surface area contributed by atoms with E-state index in [4.69, 9.17) is 4.74 Å². The van der Waals surface area contributed by atoms with E-state index in [0.717, 1.165) is 38.3 Å². The van der Waals surface area contributed by atoms with E-state index in [1.165, 1.54) is 12.8 Å². The lowest BCUT2D eigenvalue weighted by Crippen LogP contribution is -2.24. The number of carbonyl (C=O) groups is 1. The molecule has 1 N–H and O–H groups in total. The minimum atomic E-state index is -0.140. The number of rotatable bonds is 6. The number of hydrogen-bond acceptors (Lipinski definition) is 3. The second-order valence-corrected chi connectivity index (χ2v) is 3.71. The van der Waals surface area contributed by atoms with Crippen LogP contribution in [0.1, 0.15) is 45.4 Å². The van der Waals surface area contributed by atoms with Gasteiger partial charge in [-0.15, -0.1) is 0 Å². The van der Waals surface area contributed by atoms with Crippen molar-refractivity contribution >= 4 is 5.97 Å². The Morgan fingerprint density at radius 1 is 1.43 bits per heavy atom. The molecule has 14 heavy (non-hydrogen) atoms. The first-order valence-electron chi connectivity index (χ1n) is 5.61. The standard InChI is InChI=1S/C11H20NO2/c1-2-3-4-5-9-14-11(13)10-7-6-8-12-10/h12H,2-9H2,1H3. The van der Waals surface area contributed by atoms with E-state index in [1.54, 1.807) is 0 Å². The fourth-order valence-corrected chi connectivity index (χ4v) is 1.55. The van der Waals surface area contributed by atoms with Gasteiger partial charge in [-0.2, -0.15) is 0 Å². The molecule has 0 spiro atoms. The first kappa shape index (κ1) is 11.5. The largest absolute Gasteiger partial charge is 0.464 e.